The predicted molar refractivity (Wildman–Crippen MR) is 81.0 cm³/mol. The molecule has 20 heavy (non-hydrogen) atoms. The first-order chi connectivity index (χ1) is 9.45. The normalized spacial score (nSPS) is 18.9. The lowest BCUT2D eigenvalue weighted by atomic mass is 10.1. The molecular weight excluding hydrogens is 323 g/mol. The highest BCUT2D eigenvalue weighted by atomic mass is 79.9. The van der Waals surface area contributed by atoms with E-state index in [1.165, 1.54) is 12.1 Å². The number of amides is 1. The van der Waals surface area contributed by atoms with Gasteiger partial charge in [0.25, 0.3) is 0 Å². The molecule has 3 nitrogen and oxygen atoms in total. The Morgan fingerprint density at radius 3 is 2.90 bits per heavy atom. The van der Waals surface area contributed by atoms with Gasteiger partial charge in [-0.25, -0.2) is 4.39 Å². The highest BCUT2D eigenvalue weighted by molar-refractivity contribution is 9.10. The molecule has 5 heteroatoms. The van der Waals surface area contributed by atoms with Gasteiger partial charge in [-0.05, 0) is 44.1 Å². The average Bonchev–Trinajstić information content (AvgIpc) is 2.80. The van der Waals surface area contributed by atoms with Crippen molar-refractivity contribution in [2.24, 2.45) is 5.92 Å². The molecule has 1 amide bonds. The number of benzene rings is 1. The van der Waals surface area contributed by atoms with E-state index in [-0.39, 0.29) is 11.7 Å². The molecule has 0 saturated carbocycles. The van der Waals surface area contributed by atoms with Crippen molar-refractivity contribution in [3.8, 4) is 0 Å². The van der Waals surface area contributed by atoms with E-state index in [1.807, 2.05) is 4.90 Å². The van der Waals surface area contributed by atoms with Crippen LogP contribution >= 0.6 is 15.9 Å². The maximum absolute atomic E-state index is 13.0. The fraction of sp³-hybridized carbons (Fsp3) is 0.533. The number of carbonyl (C=O) groups is 1. The molecule has 0 spiro atoms. The fourth-order valence-corrected chi connectivity index (χ4v) is 3.16. The largest absolute Gasteiger partial charge is 0.342 e. The molecule has 0 bridgehead atoms. The number of carbonyl (C=O) groups excluding carboxylic acids is 1. The van der Waals surface area contributed by atoms with Gasteiger partial charge < -0.3 is 9.80 Å². The van der Waals surface area contributed by atoms with Crippen molar-refractivity contribution in [1.29, 1.82) is 0 Å². The lowest BCUT2D eigenvalue weighted by Gasteiger charge is -2.19. The topological polar surface area (TPSA) is 23.6 Å². The molecule has 0 N–H and O–H groups in total. The van der Waals surface area contributed by atoms with Crippen LogP contribution in [-0.2, 0) is 11.2 Å². The van der Waals surface area contributed by atoms with Gasteiger partial charge in [-0.1, -0.05) is 22.0 Å². The second-order valence-electron chi connectivity index (χ2n) is 5.67. The molecule has 1 aliphatic heterocycles. The molecule has 1 aliphatic rings. The van der Waals surface area contributed by atoms with Gasteiger partial charge in [-0.2, -0.15) is 0 Å². The Balaban J connectivity index is 1.92. The predicted octanol–water partition coefficient (Wildman–Crippen LogP) is 2.54. The van der Waals surface area contributed by atoms with Crippen molar-refractivity contribution in [2.45, 2.75) is 12.8 Å². The van der Waals surface area contributed by atoms with E-state index >= 15 is 0 Å². The Kier molecular flexibility index (Phi) is 5.16. The van der Waals surface area contributed by atoms with Crippen molar-refractivity contribution in [3.63, 3.8) is 0 Å². The van der Waals surface area contributed by atoms with Crippen LogP contribution in [0.2, 0.25) is 0 Å². The van der Waals surface area contributed by atoms with Crippen molar-refractivity contribution in [2.75, 3.05) is 33.7 Å². The van der Waals surface area contributed by atoms with E-state index in [9.17, 15) is 9.18 Å². The van der Waals surface area contributed by atoms with Crippen molar-refractivity contribution in [1.82, 2.24) is 9.80 Å². The number of nitrogens with zero attached hydrogens (tertiary/aromatic N) is 2. The van der Waals surface area contributed by atoms with Crippen molar-refractivity contribution < 1.29 is 9.18 Å². The van der Waals surface area contributed by atoms with Gasteiger partial charge >= 0.3 is 0 Å². The number of hydrogen-bond acceptors (Lipinski definition) is 2. The summed E-state index contributed by atoms with van der Waals surface area (Å²) in [7, 11) is 4.11. The van der Waals surface area contributed by atoms with Gasteiger partial charge in [0.15, 0.2) is 0 Å². The van der Waals surface area contributed by atoms with Gasteiger partial charge in [0.05, 0.1) is 6.42 Å². The SMILES string of the molecule is CN(C)C[C@H]1CCN(C(=O)Cc2ccc(F)cc2Br)C1. The van der Waals surface area contributed by atoms with E-state index in [1.54, 1.807) is 6.07 Å². The van der Waals surface area contributed by atoms with Crippen LogP contribution in [0.5, 0.6) is 0 Å². The molecule has 0 radical (unpaired) electrons. The fourth-order valence-electron chi connectivity index (χ4n) is 2.66. The second kappa shape index (κ2) is 6.68. The zero-order chi connectivity index (χ0) is 14.7. The highest BCUT2D eigenvalue weighted by Gasteiger charge is 2.26. The average molecular weight is 343 g/mol. The van der Waals surface area contributed by atoms with E-state index in [0.717, 1.165) is 31.6 Å². The summed E-state index contributed by atoms with van der Waals surface area (Å²) < 4.78 is 13.7. The lowest BCUT2D eigenvalue weighted by molar-refractivity contribution is -0.129. The second-order valence-corrected chi connectivity index (χ2v) is 6.52. The summed E-state index contributed by atoms with van der Waals surface area (Å²) >= 11 is 3.31. The third-order valence-corrected chi connectivity index (χ3v) is 4.36. The van der Waals surface area contributed by atoms with Crippen LogP contribution in [0.3, 0.4) is 0 Å². The van der Waals surface area contributed by atoms with Crippen molar-refractivity contribution >= 4 is 21.8 Å². The standard InChI is InChI=1S/C15H20BrFN2O/c1-18(2)9-11-5-6-19(10-11)15(20)7-12-3-4-13(17)8-14(12)16/h3-4,8,11H,5-7,9-10H2,1-2H3/t11-/m1/s1. The zero-order valence-electron chi connectivity index (χ0n) is 11.9. The molecule has 1 fully saturated rings. The molecular formula is C15H20BrFN2O. The molecule has 1 saturated heterocycles. The third-order valence-electron chi connectivity index (χ3n) is 3.62. The molecule has 1 aromatic carbocycles. The van der Waals surface area contributed by atoms with Crippen LogP contribution in [-0.4, -0.2) is 49.4 Å². The summed E-state index contributed by atoms with van der Waals surface area (Å²) in [6.07, 6.45) is 1.39. The first kappa shape index (κ1) is 15.4. The number of likely N-dealkylation sites (tertiary alicyclic amines) is 1. The summed E-state index contributed by atoms with van der Waals surface area (Å²) in [5, 5.41) is 0. The lowest BCUT2D eigenvalue weighted by Crippen LogP contribution is -2.31. The maximum atomic E-state index is 13.0. The third kappa shape index (κ3) is 4.03. The summed E-state index contributed by atoms with van der Waals surface area (Å²) in [5.41, 5.74) is 0.840. The van der Waals surface area contributed by atoms with Crippen molar-refractivity contribution in [3.05, 3.63) is 34.1 Å². The van der Waals surface area contributed by atoms with Crippen LogP contribution in [0, 0.1) is 11.7 Å². The maximum Gasteiger partial charge on any atom is 0.227 e. The van der Waals surface area contributed by atoms with Crippen LogP contribution in [0.4, 0.5) is 4.39 Å². The van der Waals surface area contributed by atoms with Crippen LogP contribution in [0.25, 0.3) is 0 Å². The monoisotopic (exact) mass is 342 g/mol. The Morgan fingerprint density at radius 2 is 2.25 bits per heavy atom. The highest BCUT2D eigenvalue weighted by Crippen LogP contribution is 2.22. The molecule has 1 atom stereocenters. The quantitative estimate of drug-likeness (QED) is 0.839. The summed E-state index contributed by atoms with van der Waals surface area (Å²) in [6, 6.07) is 4.47. The molecule has 1 heterocycles. The minimum Gasteiger partial charge on any atom is -0.342 e. The Labute approximate surface area is 127 Å². The van der Waals surface area contributed by atoms with Gasteiger partial charge in [-0.15, -0.1) is 0 Å². The summed E-state index contributed by atoms with van der Waals surface area (Å²) in [6.45, 7) is 2.68. The van der Waals surface area contributed by atoms with Crippen LogP contribution < -0.4 is 0 Å². The summed E-state index contributed by atoms with van der Waals surface area (Å²) in [5.74, 6) is 0.393. The minimum absolute atomic E-state index is 0.124. The first-order valence-corrected chi connectivity index (χ1v) is 7.61. The Bertz CT molecular complexity index is 493. The minimum atomic E-state index is -0.291. The van der Waals surface area contributed by atoms with Gasteiger partial charge in [0.2, 0.25) is 5.91 Å². The van der Waals surface area contributed by atoms with E-state index < -0.39 is 0 Å². The molecule has 0 aromatic heterocycles. The van der Waals surface area contributed by atoms with E-state index in [2.05, 4.69) is 34.9 Å². The molecule has 2 rings (SSSR count). The molecule has 110 valence electrons. The van der Waals surface area contributed by atoms with Gasteiger partial charge in [-0.3, -0.25) is 4.79 Å². The number of halogens is 2. The Morgan fingerprint density at radius 1 is 1.50 bits per heavy atom. The molecule has 0 unspecified atom stereocenters. The van der Waals surface area contributed by atoms with E-state index in [4.69, 9.17) is 0 Å². The smallest absolute Gasteiger partial charge is 0.227 e. The molecule has 1 aromatic rings. The molecule has 0 aliphatic carbocycles. The first-order valence-electron chi connectivity index (χ1n) is 6.82. The zero-order valence-corrected chi connectivity index (χ0v) is 13.5. The van der Waals surface area contributed by atoms with Gasteiger partial charge in [0, 0.05) is 24.1 Å². The van der Waals surface area contributed by atoms with Gasteiger partial charge in [0.1, 0.15) is 5.82 Å². The van der Waals surface area contributed by atoms with E-state index in [0.29, 0.717) is 16.8 Å². The number of hydrogen-bond donors (Lipinski definition) is 0. The summed E-state index contributed by atoms with van der Waals surface area (Å²) in [4.78, 5) is 16.4. The van der Waals surface area contributed by atoms with Crippen LogP contribution in [0.1, 0.15) is 12.0 Å². The number of rotatable bonds is 4. The van der Waals surface area contributed by atoms with Crippen LogP contribution in [0.15, 0.2) is 22.7 Å². The Hall–Kier alpha value is -0.940.